The van der Waals surface area contributed by atoms with Gasteiger partial charge in [0.1, 0.15) is 0 Å². The van der Waals surface area contributed by atoms with E-state index in [0.29, 0.717) is 12.2 Å². The smallest absolute Gasteiger partial charge is 0.334 e. The molecule has 0 unspecified atom stereocenters. The van der Waals surface area contributed by atoms with Gasteiger partial charge < -0.3 is 13.6 Å². The summed E-state index contributed by atoms with van der Waals surface area (Å²) >= 11 is 0. The van der Waals surface area contributed by atoms with E-state index in [0.717, 1.165) is 25.2 Å². The van der Waals surface area contributed by atoms with Crippen LogP contribution in [0.4, 0.5) is 0 Å². The van der Waals surface area contributed by atoms with E-state index in [-0.39, 0.29) is 0 Å². The minimum atomic E-state index is -1.88. The lowest BCUT2D eigenvalue weighted by molar-refractivity contribution is 0.185. The maximum atomic E-state index is 5.88. The van der Waals surface area contributed by atoms with Gasteiger partial charge in [-0.15, -0.1) is 0 Å². The Morgan fingerprint density at radius 2 is 1.82 bits per heavy atom. The first kappa shape index (κ1) is 13.5. The molecular formula is C13H26O3Si. The highest BCUT2D eigenvalue weighted by molar-refractivity contribution is 6.66. The van der Waals surface area contributed by atoms with Gasteiger partial charge in [0, 0.05) is 13.2 Å². The van der Waals surface area contributed by atoms with Crippen LogP contribution in [-0.2, 0) is 13.6 Å². The zero-order valence-corrected chi connectivity index (χ0v) is 12.4. The van der Waals surface area contributed by atoms with Crippen LogP contribution in [0.5, 0.6) is 0 Å². The van der Waals surface area contributed by atoms with Crippen LogP contribution in [0, 0.1) is 5.92 Å². The lowest BCUT2D eigenvalue weighted by atomic mass is 9.88. The molecule has 1 aliphatic heterocycles. The van der Waals surface area contributed by atoms with Gasteiger partial charge in [-0.25, -0.2) is 0 Å². The molecule has 100 valence electrons. The number of ether oxygens (including phenoxy) is 1. The quantitative estimate of drug-likeness (QED) is 0.519. The van der Waals surface area contributed by atoms with E-state index in [1.165, 1.54) is 25.7 Å². The average molecular weight is 258 g/mol. The van der Waals surface area contributed by atoms with Gasteiger partial charge in [-0.3, -0.25) is 0 Å². The lowest BCUT2D eigenvalue weighted by Gasteiger charge is -2.28. The van der Waals surface area contributed by atoms with Crippen LogP contribution in [0.1, 0.15) is 39.5 Å². The first-order valence-electron chi connectivity index (χ1n) is 7.10. The first-order chi connectivity index (χ1) is 8.17. The summed E-state index contributed by atoms with van der Waals surface area (Å²) in [6.07, 6.45) is 6.36. The Balaban J connectivity index is 1.73. The molecule has 2 rings (SSSR count). The largest absolute Gasteiger partial charge is 0.395 e. The normalized spacial score (nSPS) is 32.3. The number of hydrogen-bond acceptors (Lipinski definition) is 3. The van der Waals surface area contributed by atoms with Gasteiger partial charge in [0.25, 0.3) is 0 Å². The van der Waals surface area contributed by atoms with Crippen molar-refractivity contribution >= 4 is 8.56 Å². The first-order valence-corrected chi connectivity index (χ1v) is 9.62. The maximum absolute atomic E-state index is 5.88. The summed E-state index contributed by atoms with van der Waals surface area (Å²) in [5.41, 5.74) is 0. The molecule has 0 amide bonds. The van der Waals surface area contributed by atoms with E-state index >= 15 is 0 Å². The molecule has 0 aromatic rings. The zero-order valence-electron chi connectivity index (χ0n) is 11.4. The highest BCUT2D eigenvalue weighted by Crippen LogP contribution is 2.41. The minimum absolute atomic E-state index is 0.598. The lowest BCUT2D eigenvalue weighted by Crippen LogP contribution is -2.39. The van der Waals surface area contributed by atoms with E-state index in [9.17, 15) is 0 Å². The molecule has 0 N–H and O–H groups in total. The topological polar surface area (TPSA) is 31.0 Å². The Morgan fingerprint density at radius 1 is 1.12 bits per heavy atom. The molecule has 0 aromatic carbocycles. The van der Waals surface area contributed by atoms with Gasteiger partial charge in [-0.05, 0) is 58.0 Å². The second-order valence-corrected chi connectivity index (χ2v) is 8.78. The summed E-state index contributed by atoms with van der Waals surface area (Å²) in [7, 11) is -1.88. The number of hydrogen-bond donors (Lipinski definition) is 0. The predicted octanol–water partition coefficient (Wildman–Crippen LogP) is 3.09. The third kappa shape index (κ3) is 3.78. The highest BCUT2D eigenvalue weighted by atomic mass is 28.4. The Bertz CT molecular complexity index is 241. The monoisotopic (exact) mass is 258 g/mol. The van der Waals surface area contributed by atoms with Crippen LogP contribution >= 0.6 is 0 Å². The van der Waals surface area contributed by atoms with E-state index in [1.54, 1.807) is 0 Å². The highest BCUT2D eigenvalue weighted by Gasteiger charge is 2.44. The molecule has 0 aromatic heterocycles. The number of rotatable bonds is 7. The molecule has 3 atom stereocenters. The molecule has 1 heterocycles. The Labute approximate surface area is 106 Å². The van der Waals surface area contributed by atoms with Gasteiger partial charge in [0.2, 0.25) is 0 Å². The van der Waals surface area contributed by atoms with Crippen molar-refractivity contribution in [3.05, 3.63) is 0 Å². The molecule has 17 heavy (non-hydrogen) atoms. The van der Waals surface area contributed by atoms with Crippen molar-refractivity contribution in [1.82, 2.24) is 0 Å². The van der Waals surface area contributed by atoms with Crippen molar-refractivity contribution in [1.29, 1.82) is 0 Å². The standard InChI is InChI=1S/C13H26O3Si/c1-4-14-17(3,15-5-2)9-8-11-6-7-12-13(10-11)16-12/h11-13H,4-10H2,1-3H3/t11-,12-,13+/m0/s1. The molecule has 2 fully saturated rings. The summed E-state index contributed by atoms with van der Waals surface area (Å²) in [4.78, 5) is 0. The second kappa shape index (κ2) is 5.82. The molecule has 1 saturated heterocycles. The molecule has 1 saturated carbocycles. The molecule has 3 nitrogen and oxygen atoms in total. The molecule has 4 heteroatoms. The fraction of sp³-hybridized carbons (Fsp3) is 1.00. The van der Waals surface area contributed by atoms with Crippen molar-refractivity contribution in [2.45, 2.75) is 64.3 Å². The third-order valence-electron chi connectivity index (χ3n) is 4.02. The maximum Gasteiger partial charge on any atom is 0.334 e. The second-order valence-electron chi connectivity index (χ2n) is 5.43. The van der Waals surface area contributed by atoms with Crippen LogP contribution in [0.15, 0.2) is 0 Å². The fourth-order valence-electron chi connectivity index (χ4n) is 3.01. The molecule has 1 aliphatic carbocycles. The summed E-state index contributed by atoms with van der Waals surface area (Å²) in [5.74, 6) is 0.839. The zero-order chi connectivity index (χ0) is 12.3. The summed E-state index contributed by atoms with van der Waals surface area (Å²) in [6.45, 7) is 7.89. The van der Waals surface area contributed by atoms with E-state index in [4.69, 9.17) is 13.6 Å². The van der Waals surface area contributed by atoms with Crippen molar-refractivity contribution in [3.8, 4) is 0 Å². The number of fused-ring (bicyclic) bond motifs is 1. The summed E-state index contributed by atoms with van der Waals surface area (Å²) < 4.78 is 17.4. The van der Waals surface area contributed by atoms with Crippen LogP contribution in [-0.4, -0.2) is 34.0 Å². The van der Waals surface area contributed by atoms with Gasteiger partial charge in [0.15, 0.2) is 0 Å². The summed E-state index contributed by atoms with van der Waals surface area (Å²) in [6, 6.07) is 1.14. The van der Waals surface area contributed by atoms with Crippen LogP contribution < -0.4 is 0 Å². The van der Waals surface area contributed by atoms with Gasteiger partial charge >= 0.3 is 8.56 Å². The SMILES string of the molecule is CCO[Si](C)(CC[C@@H]1CC[C@@H]2O[C@@H]2C1)OCC. The van der Waals surface area contributed by atoms with Crippen LogP contribution in [0.2, 0.25) is 12.6 Å². The molecular weight excluding hydrogens is 232 g/mol. The van der Waals surface area contributed by atoms with E-state index in [2.05, 4.69) is 20.4 Å². The third-order valence-corrected chi connectivity index (χ3v) is 7.01. The fourth-order valence-corrected chi connectivity index (χ4v) is 5.54. The summed E-state index contributed by atoms with van der Waals surface area (Å²) in [5, 5.41) is 0. The van der Waals surface area contributed by atoms with E-state index < -0.39 is 8.56 Å². The van der Waals surface area contributed by atoms with Gasteiger partial charge in [-0.1, -0.05) is 0 Å². The molecule has 0 radical (unpaired) electrons. The Morgan fingerprint density at radius 3 is 2.41 bits per heavy atom. The minimum Gasteiger partial charge on any atom is -0.395 e. The van der Waals surface area contributed by atoms with Crippen molar-refractivity contribution in [2.24, 2.45) is 5.92 Å². The molecule has 2 aliphatic rings. The Kier molecular flexibility index (Phi) is 4.63. The average Bonchev–Trinajstić information content (AvgIpc) is 3.05. The predicted molar refractivity (Wildman–Crippen MR) is 70.3 cm³/mol. The van der Waals surface area contributed by atoms with Crippen LogP contribution in [0.25, 0.3) is 0 Å². The van der Waals surface area contributed by atoms with Gasteiger partial charge in [-0.2, -0.15) is 0 Å². The van der Waals surface area contributed by atoms with Crippen molar-refractivity contribution in [3.63, 3.8) is 0 Å². The van der Waals surface area contributed by atoms with Gasteiger partial charge in [0.05, 0.1) is 12.2 Å². The van der Waals surface area contributed by atoms with Crippen molar-refractivity contribution < 1.29 is 13.6 Å². The van der Waals surface area contributed by atoms with Crippen LogP contribution in [0.3, 0.4) is 0 Å². The number of epoxide rings is 1. The van der Waals surface area contributed by atoms with Crippen molar-refractivity contribution in [2.75, 3.05) is 13.2 Å². The van der Waals surface area contributed by atoms with E-state index in [1.807, 2.05) is 0 Å². The molecule has 0 spiro atoms. The Hall–Kier alpha value is 0.0969. The molecule has 0 bridgehead atoms.